The Morgan fingerprint density at radius 3 is 1.48 bits per heavy atom. The van der Waals surface area contributed by atoms with Gasteiger partial charge < -0.3 is 0 Å². The zero-order chi connectivity index (χ0) is 33.0. The Labute approximate surface area is 255 Å². The molecule has 0 N–H and O–H groups in total. The molecule has 0 saturated carbocycles. The van der Waals surface area contributed by atoms with Gasteiger partial charge >= 0.3 is 0 Å². The topological polar surface area (TPSA) is 0 Å². The summed E-state index contributed by atoms with van der Waals surface area (Å²) >= 11 is 0. The number of rotatable bonds is 6. The summed E-state index contributed by atoms with van der Waals surface area (Å²) in [6.45, 7) is 47.5. The van der Waals surface area contributed by atoms with E-state index in [0.29, 0.717) is 0 Å². The van der Waals surface area contributed by atoms with Crippen molar-refractivity contribution in [3.8, 4) is 0 Å². The molecule has 0 fully saturated rings. The highest BCUT2D eigenvalue weighted by molar-refractivity contribution is 5.82. The van der Waals surface area contributed by atoms with Gasteiger partial charge in [-0.05, 0) is 114 Å². The van der Waals surface area contributed by atoms with Crippen molar-refractivity contribution < 1.29 is 0 Å². The summed E-state index contributed by atoms with van der Waals surface area (Å²) in [5, 5.41) is 0. The van der Waals surface area contributed by atoms with Crippen molar-refractivity contribution in [1.29, 1.82) is 0 Å². The lowest BCUT2D eigenvalue weighted by atomic mass is 9.88. The van der Waals surface area contributed by atoms with Crippen LogP contribution in [0, 0.1) is 27.7 Å². The molecule has 0 aliphatic carbocycles. The Hall–Kier alpha value is -2.34. The number of hydrogen-bond donors (Lipinski definition) is 0. The van der Waals surface area contributed by atoms with Crippen LogP contribution in [0.3, 0.4) is 0 Å². The fraction of sp³-hybridized carbons (Fsp3) is 0.550. The SMILES string of the molecule is C=C(C)C(=C(C)C)c1ccc(C)c(CC)c1C.C=C(C)CCc1ccc(C)cc1C.CC.CC.CC.CC.CC. The molecule has 232 valence electrons. The van der Waals surface area contributed by atoms with Crippen molar-refractivity contribution in [3.63, 3.8) is 0 Å². The van der Waals surface area contributed by atoms with E-state index < -0.39 is 0 Å². The van der Waals surface area contributed by atoms with E-state index in [-0.39, 0.29) is 0 Å². The Kier molecular flexibility index (Phi) is 37.0. The van der Waals surface area contributed by atoms with Crippen LogP contribution in [-0.2, 0) is 12.8 Å². The van der Waals surface area contributed by atoms with Crippen LogP contribution < -0.4 is 0 Å². The highest BCUT2D eigenvalue weighted by Gasteiger charge is 2.11. The van der Waals surface area contributed by atoms with E-state index in [9.17, 15) is 0 Å². The lowest BCUT2D eigenvalue weighted by molar-refractivity contribution is 0.935. The maximum Gasteiger partial charge on any atom is -0.0150 e. The molecular weight excluding hydrogens is 480 g/mol. The van der Waals surface area contributed by atoms with Gasteiger partial charge in [0.15, 0.2) is 0 Å². The van der Waals surface area contributed by atoms with Gasteiger partial charge in [-0.2, -0.15) is 0 Å². The number of hydrogen-bond acceptors (Lipinski definition) is 0. The minimum absolute atomic E-state index is 1.09. The highest BCUT2D eigenvalue weighted by atomic mass is 14.2. The highest BCUT2D eigenvalue weighted by Crippen LogP contribution is 2.31. The summed E-state index contributed by atoms with van der Waals surface area (Å²) in [5.41, 5.74) is 14.9. The third-order valence-electron chi connectivity index (χ3n) is 5.70. The molecule has 2 rings (SSSR count). The summed E-state index contributed by atoms with van der Waals surface area (Å²) in [5.74, 6) is 0. The molecule has 0 heteroatoms. The molecule has 0 unspecified atom stereocenters. The van der Waals surface area contributed by atoms with E-state index in [2.05, 4.69) is 106 Å². The Balaban J connectivity index is -0.000000158. The maximum absolute atomic E-state index is 4.11. The van der Waals surface area contributed by atoms with Crippen LogP contribution >= 0.6 is 0 Å². The molecule has 0 radical (unpaired) electrons. The zero-order valence-electron chi connectivity index (χ0n) is 30.9. The van der Waals surface area contributed by atoms with Crippen molar-refractivity contribution in [2.75, 3.05) is 0 Å². The van der Waals surface area contributed by atoms with Crippen LogP contribution in [-0.4, -0.2) is 0 Å². The summed E-state index contributed by atoms with van der Waals surface area (Å²) in [6, 6.07) is 11.1. The number of allylic oxidation sites excluding steroid dienone is 4. The molecular formula is C40H72. The molecule has 40 heavy (non-hydrogen) atoms. The van der Waals surface area contributed by atoms with Crippen LogP contribution in [0.15, 0.2) is 60.2 Å². The third-order valence-corrected chi connectivity index (χ3v) is 5.70. The number of aryl methyl sites for hydroxylation is 4. The predicted octanol–water partition coefficient (Wildman–Crippen LogP) is 14.2. The fourth-order valence-electron chi connectivity index (χ4n) is 4.11. The van der Waals surface area contributed by atoms with Gasteiger partial charge in [0.05, 0.1) is 0 Å². The Bertz CT molecular complexity index is 931. The standard InChI is InChI=1S/C17H24.C13H18.5C2H6/c1-8-15-13(6)9-10-16(14(15)7)17(11(2)3)12(4)5;1-10(2)5-7-13-8-6-11(3)9-12(13)4;5*1-2/h9-10H,2,8H2,1,3-7H3;6,8-9H,1,5,7H2,2-4H3;5*1-2H3. The molecule has 0 bridgehead atoms. The summed E-state index contributed by atoms with van der Waals surface area (Å²) in [4.78, 5) is 0. The molecule has 2 aromatic carbocycles. The second kappa shape index (κ2) is 31.2. The largest absolute Gasteiger partial charge is 0.100 e. The second-order valence-electron chi connectivity index (χ2n) is 8.93. The Morgan fingerprint density at radius 1 is 0.650 bits per heavy atom. The first-order chi connectivity index (χ1) is 19.0. The van der Waals surface area contributed by atoms with E-state index in [4.69, 9.17) is 0 Å². The first-order valence-electron chi connectivity index (χ1n) is 16.1. The minimum atomic E-state index is 1.09. The van der Waals surface area contributed by atoms with Crippen molar-refractivity contribution >= 4 is 5.57 Å². The maximum atomic E-state index is 4.11. The minimum Gasteiger partial charge on any atom is -0.100 e. The van der Waals surface area contributed by atoms with E-state index in [1.807, 2.05) is 69.2 Å². The van der Waals surface area contributed by atoms with Crippen LogP contribution in [0.5, 0.6) is 0 Å². The third kappa shape index (κ3) is 19.7. The quantitative estimate of drug-likeness (QED) is 0.247. The first kappa shape index (κ1) is 47.4. The molecule has 0 amide bonds. The van der Waals surface area contributed by atoms with Crippen LogP contribution in [0.2, 0.25) is 0 Å². The van der Waals surface area contributed by atoms with Gasteiger partial charge in [-0.25, -0.2) is 0 Å². The summed E-state index contributed by atoms with van der Waals surface area (Å²) in [7, 11) is 0. The molecule has 0 nitrogen and oxygen atoms in total. The van der Waals surface area contributed by atoms with Gasteiger partial charge in [-0.3, -0.25) is 0 Å². The van der Waals surface area contributed by atoms with Crippen LogP contribution in [0.1, 0.15) is 149 Å². The van der Waals surface area contributed by atoms with Gasteiger partial charge in [0, 0.05) is 0 Å². The van der Waals surface area contributed by atoms with Gasteiger partial charge in [0.2, 0.25) is 0 Å². The molecule has 2 aromatic rings. The van der Waals surface area contributed by atoms with E-state index in [1.165, 1.54) is 55.7 Å². The number of benzene rings is 2. The smallest absolute Gasteiger partial charge is 0.0150 e. The molecule has 0 spiro atoms. The predicted molar refractivity (Wildman–Crippen MR) is 194 cm³/mol. The van der Waals surface area contributed by atoms with Gasteiger partial charge in [-0.15, -0.1) is 6.58 Å². The van der Waals surface area contributed by atoms with Crippen molar-refractivity contribution in [3.05, 3.63) is 99.2 Å². The summed E-state index contributed by atoms with van der Waals surface area (Å²) in [6.07, 6.45) is 3.32. The molecule has 0 aliphatic heterocycles. The van der Waals surface area contributed by atoms with Crippen molar-refractivity contribution in [1.82, 2.24) is 0 Å². The van der Waals surface area contributed by atoms with Crippen molar-refractivity contribution in [2.45, 2.75) is 151 Å². The van der Waals surface area contributed by atoms with E-state index in [1.54, 1.807) is 0 Å². The summed E-state index contributed by atoms with van der Waals surface area (Å²) < 4.78 is 0. The average molecular weight is 553 g/mol. The fourth-order valence-corrected chi connectivity index (χ4v) is 4.11. The molecule has 0 saturated heterocycles. The van der Waals surface area contributed by atoms with Crippen molar-refractivity contribution in [2.24, 2.45) is 0 Å². The molecule has 0 aliphatic rings. The van der Waals surface area contributed by atoms with Crippen LogP contribution in [0.25, 0.3) is 5.57 Å². The lowest BCUT2D eigenvalue weighted by Gasteiger charge is -2.17. The molecule has 0 heterocycles. The van der Waals surface area contributed by atoms with Gasteiger partial charge in [-0.1, -0.05) is 135 Å². The van der Waals surface area contributed by atoms with E-state index >= 15 is 0 Å². The molecule has 0 aromatic heterocycles. The lowest BCUT2D eigenvalue weighted by Crippen LogP contribution is -1.99. The van der Waals surface area contributed by atoms with Gasteiger partial charge in [0.25, 0.3) is 0 Å². The van der Waals surface area contributed by atoms with Gasteiger partial charge in [0.1, 0.15) is 0 Å². The average Bonchev–Trinajstić information content (AvgIpc) is 2.95. The second-order valence-corrected chi connectivity index (χ2v) is 8.93. The monoisotopic (exact) mass is 553 g/mol. The first-order valence-corrected chi connectivity index (χ1v) is 16.1. The normalized spacial score (nSPS) is 8.38. The molecule has 0 atom stereocenters. The van der Waals surface area contributed by atoms with E-state index in [0.717, 1.165) is 24.8 Å². The zero-order valence-corrected chi connectivity index (χ0v) is 30.9. The Morgan fingerprint density at radius 2 is 1.12 bits per heavy atom. The van der Waals surface area contributed by atoms with Crippen LogP contribution in [0.4, 0.5) is 0 Å².